The molecule has 1 fully saturated rings. The van der Waals surface area contributed by atoms with Gasteiger partial charge in [0.1, 0.15) is 5.60 Å². The molecule has 0 bridgehead atoms. The quantitative estimate of drug-likeness (QED) is 0.204. The molecular weight excluding hydrogens is 545 g/mol. The summed E-state index contributed by atoms with van der Waals surface area (Å²) >= 11 is 0. The van der Waals surface area contributed by atoms with E-state index in [-0.39, 0.29) is 33.9 Å². The van der Waals surface area contributed by atoms with Crippen molar-refractivity contribution in [3.8, 4) is 0 Å². The topological polar surface area (TPSA) is 68.2 Å². The van der Waals surface area contributed by atoms with Gasteiger partial charge in [0.05, 0.1) is 30.1 Å². The molecule has 0 amide bonds. The SMILES string of the molecule is CCCC[C@@H]1C=C[C@]2(CO[Si](C)(C)C(C)(C)C)[C@H](O)[C@H](C(C)(C)C)C=C3COC[C@]1(O)[C@@]32CO[Si](C)(C)C(C)(C)C. The van der Waals surface area contributed by atoms with Crippen molar-refractivity contribution in [1.29, 1.82) is 0 Å². The first-order valence-corrected chi connectivity index (χ1v) is 21.9. The number of rotatable bonds is 9. The van der Waals surface area contributed by atoms with Gasteiger partial charge >= 0.3 is 0 Å². The minimum Gasteiger partial charge on any atom is -0.416 e. The molecular formula is C34H64O5Si2. The van der Waals surface area contributed by atoms with Gasteiger partial charge in [0.2, 0.25) is 0 Å². The zero-order valence-corrected chi connectivity index (χ0v) is 31.0. The number of aliphatic hydroxyl groups excluding tert-OH is 1. The number of hydrogen-bond donors (Lipinski definition) is 2. The van der Waals surface area contributed by atoms with Gasteiger partial charge in [-0.25, -0.2) is 0 Å². The average molecular weight is 609 g/mol. The van der Waals surface area contributed by atoms with Gasteiger partial charge in [-0.3, -0.25) is 0 Å². The summed E-state index contributed by atoms with van der Waals surface area (Å²) in [5.74, 6) is -0.210. The van der Waals surface area contributed by atoms with Crippen molar-refractivity contribution in [1.82, 2.24) is 0 Å². The Morgan fingerprint density at radius 2 is 1.46 bits per heavy atom. The summed E-state index contributed by atoms with van der Waals surface area (Å²) in [5, 5.41) is 25.9. The lowest BCUT2D eigenvalue weighted by atomic mass is 9.40. The Morgan fingerprint density at radius 1 is 0.927 bits per heavy atom. The summed E-state index contributed by atoms with van der Waals surface area (Å²) in [5.41, 5.74) is -2.03. The van der Waals surface area contributed by atoms with E-state index in [1.807, 2.05) is 0 Å². The van der Waals surface area contributed by atoms with Gasteiger partial charge in [-0.05, 0) is 53.7 Å². The fourth-order valence-electron chi connectivity index (χ4n) is 6.84. The third-order valence-corrected chi connectivity index (χ3v) is 20.9. The van der Waals surface area contributed by atoms with E-state index in [1.54, 1.807) is 0 Å². The van der Waals surface area contributed by atoms with Crippen molar-refractivity contribution in [3.63, 3.8) is 0 Å². The molecule has 3 rings (SSSR count). The molecule has 41 heavy (non-hydrogen) atoms. The predicted molar refractivity (Wildman–Crippen MR) is 176 cm³/mol. The fraction of sp³-hybridized carbons (Fsp3) is 0.882. The molecule has 0 unspecified atom stereocenters. The molecule has 0 aromatic heterocycles. The van der Waals surface area contributed by atoms with E-state index >= 15 is 0 Å². The molecule has 0 radical (unpaired) electrons. The van der Waals surface area contributed by atoms with Crippen molar-refractivity contribution < 1.29 is 23.8 Å². The Kier molecular flexibility index (Phi) is 9.66. The summed E-state index contributed by atoms with van der Waals surface area (Å²) < 4.78 is 20.5. The van der Waals surface area contributed by atoms with Crippen LogP contribution >= 0.6 is 0 Å². The summed E-state index contributed by atoms with van der Waals surface area (Å²) in [6.07, 6.45) is 8.94. The summed E-state index contributed by atoms with van der Waals surface area (Å²) in [6.45, 7) is 32.9. The minimum atomic E-state index is -2.21. The highest BCUT2D eigenvalue weighted by Crippen LogP contribution is 2.67. The summed E-state index contributed by atoms with van der Waals surface area (Å²) in [7, 11) is -4.41. The Morgan fingerprint density at radius 3 is 1.95 bits per heavy atom. The number of aliphatic hydroxyl groups is 2. The van der Waals surface area contributed by atoms with Gasteiger partial charge in [-0.2, -0.15) is 0 Å². The van der Waals surface area contributed by atoms with Crippen LogP contribution in [-0.4, -0.2) is 65.0 Å². The van der Waals surface area contributed by atoms with Crippen LogP contribution in [0.4, 0.5) is 0 Å². The van der Waals surface area contributed by atoms with Crippen LogP contribution in [0, 0.1) is 28.1 Å². The van der Waals surface area contributed by atoms with Crippen LogP contribution < -0.4 is 0 Å². The lowest BCUT2D eigenvalue weighted by Crippen LogP contribution is -2.76. The molecule has 2 N–H and O–H groups in total. The molecule has 5 nitrogen and oxygen atoms in total. The van der Waals surface area contributed by atoms with Gasteiger partial charge in [-0.1, -0.05) is 100 Å². The van der Waals surface area contributed by atoms with E-state index in [9.17, 15) is 10.2 Å². The van der Waals surface area contributed by atoms with Gasteiger partial charge in [0.25, 0.3) is 0 Å². The second-order valence-corrected chi connectivity index (χ2v) is 27.2. The molecule has 6 atom stereocenters. The van der Waals surface area contributed by atoms with Gasteiger partial charge in [0, 0.05) is 25.0 Å². The minimum absolute atomic E-state index is 0.0138. The van der Waals surface area contributed by atoms with Gasteiger partial charge in [-0.15, -0.1) is 0 Å². The lowest BCUT2D eigenvalue weighted by Gasteiger charge is -2.69. The molecule has 0 aromatic carbocycles. The fourth-order valence-corrected chi connectivity index (χ4v) is 8.88. The second kappa shape index (κ2) is 11.3. The van der Waals surface area contributed by atoms with Crippen LogP contribution in [0.25, 0.3) is 0 Å². The van der Waals surface area contributed by atoms with E-state index in [0.29, 0.717) is 19.8 Å². The monoisotopic (exact) mass is 608 g/mol. The number of hydrogen-bond acceptors (Lipinski definition) is 5. The van der Waals surface area contributed by atoms with E-state index in [1.165, 1.54) is 0 Å². The first-order valence-electron chi connectivity index (χ1n) is 16.1. The van der Waals surface area contributed by atoms with E-state index in [4.69, 9.17) is 13.6 Å². The maximum Gasteiger partial charge on any atom is 0.192 e. The standard InChI is InChI=1S/C34H64O5Si2/c1-15-16-17-25-18-19-32(22-38-40(11,12)30(5,6)7)28(35)27(29(2,3)4)20-26-21-37-24-34(25,36)33(26,32)23-39-41(13,14)31(8,9)10/h18-20,25,27-28,35-36H,15-17,21-24H2,1-14H3/t25-,27-,28-,32+,33+,34-/m1/s1. The smallest absolute Gasteiger partial charge is 0.192 e. The first-order chi connectivity index (χ1) is 18.4. The summed E-state index contributed by atoms with van der Waals surface area (Å²) in [4.78, 5) is 0. The van der Waals surface area contributed by atoms with Crippen LogP contribution in [0.3, 0.4) is 0 Å². The van der Waals surface area contributed by atoms with Crippen LogP contribution in [-0.2, 0) is 13.6 Å². The van der Waals surface area contributed by atoms with Crippen molar-refractivity contribution in [2.24, 2.45) is 28.1 Å². The predicted octanol–water partition coefficient (Wildman–Crippen LogP) is 8.10. The molecule has 2 aliphatic carbocycles. The van der Waals surface area contributed by atoms with E-state index < -0.39 is 39.2 Å². The highest BCUT2D eigenvalue weighted by atomic mass is 28.4. The van der Waals surface area contributed by atoms with Crippen molar-refractivity contribution >= 4 is 16.6 Å². The van der Waals surface area contributed by atoms with Crippen LogP contribution in [0.5, 0.6) is 0 Å². The molecule has 1 aliphatic heterocycles. The van der Waals surface area contributed by atoms with Crippen LogP contribution in [0.15, 0.2) is 23.8 Å². The van der Waals surface area contributed by atoms with Crippen molar-refractivity contribution in [2.75, 3.05) is 26.4 Å². The van der Waals surface area contributed by atoms with Crippen molar-refractivity contribution in [2.45, 2.75) is 136 Å². The lowest BCUT2D eigenvalue weighted by molar-refractivity contribution is -0.258. The average Bonchev–Trinajstić information content (AvgIpc) is 2.81. The Labute approximate surface area is 254 Å². The van der Waals surface area contributed by atoms with Crippen LogP contribution in [0.2, 0.25) is 36.3 Å². The normalized spacial score (nSPS) is 34.8. The van der Waals surface area contributed by atoms with E-state index in [0.717, 1.165) is 24.8 Å². The van der Waals surface area contributed by atoms with Gasteiger partial charge < -0.3 is 23.8 Å². The maximum absolute atomic E-state index is 13.2. The summed E-state index contributed by atoms with van der Waals surface area (Å²) in [6, 6.07) is 0. The largest absolute Gasteiger partial charge is 0.416 e. The third kappa shape index (κ3) is 5.80. The van der Waals surface area contributed by atoms with Crippen LogP contribution in [0.1, 0.15) is 88.5 Å². The Bertz CT molecular complexity index is 998. The van der Waals surface area contributed by atoms with Gasteiger partial charge in [0.15, 0.2) is 16.6 Å². The highest BCUT2D eigenvalue weighted by Gasteiger charge is 2.74. The molecule has 7 heteroatoms. The zero-order chi connectivity index (χ0) is 31.5. The Balaban J connectivity index is 2.35. The van der Waals surface area contributed by atoms with Crippen molar-refractivity contribution in [3.05, 3.63) is 23.8 Å². The third-order valence-electron chi connectivity index (χ3n) is 12.0. The zero-order valence-electron chi connectivity index (χ0n) is 29.0. The maximum atomic E-state index is 13.2. The molecule has 0 saturated carbocycles. The highest BCUT2D eigenvalue weighted by molar-refractivity contribution is 6.74. The molecule has 0 aromatic rings. The number of unbranched alkanes of at least 4 members (excludes halogenated alkanes) is 1. The molecule has 1 saturated heterocycles. The number of ether oxygens (including phenoxy) is 1. The first kappa shape index (κ1) is 35.2. The van der Waals surface area contributed by atoms with E-state index in [2.05, 4.69) is 114 Å². The molecule has 0 spiro atoms. The molecule has 3 aliphatic rings. The second-order valence-electron chi connectivity index (χ2n) is 17.6. The molecule has 1 heterocycles. The Hall–Kier alpha value is -0.286. The molecule has 238 valence electrons.